The van der Waals surface area contributed by atoms with Gasteiger partial charge in [-0.05, 0) is 50.3 Å². The Bertz CT molecular complexity index is 1520. The first-order chi connectivity index (χ1) is 17.5. The molecule has 37 heavy (non-hydrogen) atoms. The van der Waals surface area contributed by atoms with Crippen molar-refractivity contribution in [2.24, 2.45) is 0 Å². The van der Waals surface area contributed by atoms with Crippen molar-refractivity contribution in [1.29, 1.82) is 0 Å². The Morgan fingerprint density at radius 1 is 1.00 bits per heavy atom. The van der Waals surface area contributed by atoms with Crippen LogP contribution in [-0.4, -0.2) is 47.5 Å². The maximum Gasteiger partial charge on any atom is 0.259 e. The van der Waals surface area contributed by atoms with Gasteiger partial charge in [0, 0.05) is 35.8 Å². The van der Waals surface area contributed by atoms with Crippen LogP contribution in [0.3, 0.4) is 0 Å². The lowest BCUT2D eigenvalue weighted by Crippen LogP contribution is -2.27. The van der Waals surface area contributed by atoms with Crippen LogP contribution in [0.5, 0.6) is 5.75 Å². The lowest BCUT2D eigenvalue weighted by Gasteiger charge is -2.18. The number of likely N-dealkylation sites (N-methyl/N-ethyl adjacent to an activating group) is 1. The molecule has 5 rings (SSSR count). The molecule has 0 atom stereocenters. The number of carbonyl (C=O) groups is 2. The largest absolute Gasteiger partial charge is 0.491 e. The van der Waals surface area contributed by atoms with E-state index in [1.807, 2.05) is 11.5 Å². The van der Waals surface area contributed by atoms with Gasteiger partial charge in [-0.15, -0.1) is 12.4 Å². The molecule has 0 aliphatic carbocycles. The van der Waals surface area contributed by atoms with E-state index >= 15 is 0 Å². The lowest BCUT2D eigenvalue weighted by molar-refractivity contribution is -0.122. The summed E-state index contributed by atoms with van der Waals surface area (Å²) in [6.07, 6.45) is 3.26. The summed E-state index contributed by atoms with van der Waals surface area (Å²) in [5, 5.41) is 3.41. The Labute approximate surface area is 220 Å². The van der Waals surface area contributed by atoms with Crippen LogP contribution in [0.15, 0.2) is 53.3 Å². The second-order valence-corrected chi connectivity index (χ2v) is 8.65. The van der Waals surface area contributed by atoms with E-state index in [-0.39, 0.29) is 23.6 Å². The van der Waals surface area contributed by atoms with Gasteiger partial charge in [-0.3, -0.25) is 14.9 Å². The summed E-state index contributed by atoms with van der Waals surface area (Å²) < 4.78 is 28.7. The first-order valence-electron chi connectivity index (χ1n) is 12.2. The molecule has 1 N–H and O–H groups in total. The van der Waals surface area contributed by atoms with Gasteiger partial charge in [0.25, 0.3) is 11.8 Å². The van der Waals surface area contributed by atoms with E-state index in [2.05, 4.69) is 24.1 Å². The Balaban J connectivity index is 0.00000320. The maximum atomic E-state index is 15.0. The van der Waals surface area contributed by atoms with Crippen molar-refractivity contribution in [3.63, 3.8) is 0 Å². The molecular weight excluding hydrogens is 497 g/mol. The molecule has 2 aromatic heterocycles. The number of aryl methyl sites for hydroxylation is 1. The standard InChI is InChI=1S/C28H28FN3O4.ClH/c1-4-31(5-2)13-15-35-22-11-10-18(26-17(22)12-14-36-26)24-25(28(34)30-27(24)33)19-16-32(6-3)21-9-7-8-20(29)23(19)21;/h7-12,14,16H,4-6,13,15H2,1-3H3,(H,30,33,34);1H. The number of furan rings is 1. The molecule has 4 aromatic rings. The molecule has 7 nitrogen and oxygen atoms in total. The number of aromatic nitrogens is 1. The number of fused-ring (bicyclic) bond motifs is 2. The van der Waals surface area contributed by atoms with E-state index in [1.165, 1.54) is 12.3 Å². The smallest absolute Gasteiger partial charge is 0.259 e. The summed E-state index contributed by atoms with van der Waals surface area (Å²) in [5.41, 5.74) is 2.22. The van der Waals surface area contributed by atoms with E-state index in [0.717, 1.165) is 19.6 Å². The first-order valence-corrected chi connectivity index (χ1v) is 12.2. The second kappa shape index (κ2) is 10.8. The minimum atomic E-state index is -0.562. The van der Waals surface area contributed by atoms with Crippen molar-refractivity contribution in [2.75, 3.05) is 26.2 Å². The van der Waals surface area contributed by atoms with Crippen LogP contribution < -0.4 is 10.1 Å². The minimum absolute atomic E-state index is 0. The number of nitrogens with zero attached hydrogens (tertiary/aromatic N) is 2. The van der Waals surface area contributed by atoms with Gasteiger partial charge in [0.05, 0.1) is 28.3 Å². The number of hydrogen-bond acceptors (Lipinski definition) is 5. The average Bonchev–Trinajstić information content (AvgIpc) is 3.58. The number of hydrogen-bond donors (Lipinski definition) is 1. The zero-order valence-electron chi connectivity index (χ0n) is 21.0. The normalized spacial score (nSPS) is 13.6. The third-order valence-electron chi connectivity index (χ3n) is 6.80. The number of nitrogens with one attached hydrogen (secondary N) is 1. The molecule has 0 radical (unpaired) electrons. The van der Waals surface area contributed by atoms with Crippen molar-refractivity contribution in [3.8, 4) is 5.75 Å². The maximum absolute atomic E-state index is 15.0. The van der Waals surface area contributed by atoms with Gasteiger partial charge >= 0.3 is 0 Å². The van der Waals surface area contributed by atoms with Gasteiger partial charge in [0.2, 0.25) is 0 Å². The third kappa shape index (κ3) is 4.51. The fraction of sp³-hybridized carbons (Fsp3) is 0.286. The van der Waals surface area contributed by atoms with E-state index in [4.69, 9.17) is 9.15 Å². The van der Waals surface area contributed by atoms with Crippen molar-refractivity contribution in [2.45, 2.75) is 27.3 Å². The van der Waals surface area contributed by atoms with Crippen LogP contribution in [-0.2, 0) is 16.1 Å². The van der Waals surface area contributed by atoms with E-state index in [1.54, 1.807) is 36.5 Å². The predicted molar refractivity (Wildman–Crippen MR) is 144 cm³/mol. The Hall–Kier alpha value is -3.62. The number of halogens is 2. The van der Waals surface area contributed by atoms with Crippen LogP contribution >= 0.6 is 12.4 Å². The highest BCUT2D eigenvalue weighted by molar-refractivity contribution is 6.50. The van der Waals surface area contributed by atoms with Crippen LogP contribution in [0.2, 0.25) is 0 Å². The number of ether oxygens (including phenoxy) is 1. The monoisotopic (exact) mass is 525 g/mol. The molecule has 2 amide bonds. The van der Waals surface area contributed by atoms with Crippen molar-refractivity contribution in [1.82, 2.24) is 14.8 Å². The predicted octanol–water partition coefficient (Wildman–Crippen LogP) is 5.26. The average molecular weight is 526 g/mol. The molecule has 0 saturated heterocycles. The number of rotatable bonds is 9. The number of imide groups is 1. The first kappa shape index (κ1) is 26.4. The van der Waals surface area contributed by atoms with Gasteiger partial charge in [-0.2, -0.15) is 0 Å². The summed E-state index contributed by atoms with van der Waals surface area (Å²) >= 11 is 0. The van der Waals surface area contributed by atoms with Crippen molar-refractivity contribution < 1.29 is 23.1 Å². The molecule has 9 heteroatoms. The lowest BCUT2D eigenvalue weighted by atomic mass is 9.94. The Morgan fingerprint density at radius 3 is 2.43 bits per heavy atom. The van der Waals surface area contributed by atoms with Gasteiger partial charge in [-0.1, -0.05) is 19.9 Å². The molecule has 0 spiro atoms. The SMILES string of the molecule is CCN(CC)CCOc1ccc(C2=C(c3cn(CC)c4cccc(F)c34)C(=O)NC2=O)c2occc12.Cl. The summed E-state index contributed by atoms with van der Waals surface area (Å²) in [5.74, 6) is -0.923. The van der Waals surface area contributed by atoms with Gasteiger partial charge in [-0.25, -0.2) is 4.39 Å². The molecule has 3 heterocycles. The Kier molecular flexibility index (Phi) is 7.71. The summed E-state index contributed by atoms with van der Waals surface area (Å²) in [7, 11) is 0. The molecule has 1 aliphatic heterocycles. The Morgan fingerprint density at radius 2 is 1.73 bits per heavy atom. The summed E-state index contributed by atoms with van der Waals surface area (Å²) in [4.78, 5) is 28.4. The van der Waals surface area contributed by atoms with E-state index in [9.17, 15) is 14.0 Å². The molecule has 0 bridgehead atoms. The van der Waals surface area contributed by atoms with Crippen LogP contribution in [0, 0.1) is 5.82 Å². The van der Waals surface area contributed by atoms with Crippen molar-refractivity contribution in [3.05, 3.63) is 65.8 Å². The number of amides is 2. The second-order valence-electron chi connectivity index (χ2n) is 8.65. The number of carbonyl (C=O) groups excluding carboxylic acids is 2. The van der Waals surface area contributed by atoms with Crippen LogP contribution in [0.4, 0.5) is 4.39 Å². The molecule has 0 fully saturated rings. The molecule has 2 aromatic carbocycles. The van der Waals surface area contributed by atoms with E-state index < -0.39 is 17.6 Å². The van der Waals surface area contributed by atoms with E-state index in [0.29, 0.717) is 51.9 Å². The third-order valence-corrected chi connectivity index (χ3v) is 6.80. The summed E-state index contributed by atoms with van der Waals surface area (Å²) in [6, 6.07) is 10.1. The molecule has 0 unspecified atom stereocenters. The fourth-order valence-corrected chi connectivity index (χ4v) is 4.91. The van der Waals surface area contributed by atoms with Crippen molar-refractivity contribution >= 4 is 57.2 Å². The molecule has 1 aliphatic rings. The summed E-state index contributed by atoms with van der Waals surface area (Å²) in [6.45, 7) is 9.90. The topological polar surface area (TPSA) is 76.7 Å². The molecule has 0 saturated carbocycles. The van der Waals surface area contributed by atoms with Crippen LogP contribution in [0.1, 0.15) is 31.9 Å². The van der Waals surface area contributed by atoms with Gasteiger partial charge in [0.1, 0.15) is 23.8 Å². The molecular formula is C28H29ClFN3O4. The zero-order valence-corrected chi connectivity index (χ0v) is 21.8. The molecule has 194 valence electrons. The zero-order chi connectivity index (χ0) is 25.4. The fourth-order valence-electron chi connectivity index (χ4n) is 4.91. The highest BCUT2D eigenvalue weighted by Gasteiger charge is 2.36. The highest BCUT2D eigenvalue weighted by atomic mass is 35.5. The van der Waals surface area contributed by atoms with Gasteiger partial charge < -0.3 is 18.6 Å². The highest BCUT2D eigenvalue weighted by Crippen LogP contribution is 2.41. The van der Waals surface area contributed by atoms with Gasteiger partial charge in [0.15, 0.2) is 0 Å². The minimum Gasteiger partial charge on any atom is -0.491 e. The number of benzene rings is 2. The van der Waals surface area contributed by atoms with Crippen LogP contribution in [0.25, 0.3) is 33.0 Å². The quantitative estimate of drug-likeness (QED) is 0.302.